The largest absolute Gasteiger partial charge is 0.315 e. The summed E-state index contributed by atoms with van der Waals surface area (Å²) in [4.78, 5) is 1.27. The molecule has 1 aromatic rings. The molecular formula is C12H14BrNS. The van der Waals surface area contributed by atoms with Crippen molar-refractivity contribution in [2.75, 3.05) is 12.8 Å². The Bertz CT molecular complexity index is 346. The van der Waals surface area contributed by atoms with E-state index in [1.807, 2.05) is 30.9 Å². The average molecular weight is 284 g/mol. The maximum absolute atomic E-state index is 5.29. The fourth-order valence-corrected chi connectivity index (χ4v) is 2.75. The molecule has 0 aliphatic heterocycles. The fourth-order valence-electron chi connectivity index (χ4n) is 1.14. The Hall–Kier alpha value is -0.430. The van der Waals surface area contributed by atoms with Gasteiger partial charge in [-0.3, -0.25) is 0 Å². The number of terminal acetylenes is 1. The second kappa shape index (κ2) is 6.95. The van der Waals surface area contributed by atoms with Gasteiger partial charge < -0.3 is 5.32 Å². The van der Waals surface area contributed by atoms with Crippen LogP contribution in [-0.4, -0.2) is 18.8 Å². The maximum atomic E-state index is 5.29. The van der Waals surface area contributed by atoms with E-state index in [0.29, 0.717) is 6.04 Å². The van der Waals surface area contributed by atoms with Gasteiger partial charge in [0, 0.05) is 27.6 Å². The summed E-state index contributed by atoms with van der Waals surface area (Å²) in [6, 6.07) is 8.69. The first-order chi connectivity index (χ1) is 7.26. The molecule has 3 heteroatoms. The zero-order valence-electron chi connectivity index (χ0n) is 8.66. The molecule has 15 heavy (non-hydrogen) atoms. The Balaban J connectivity index is 2.46. The van der Waals surface area contributed by atoms with Crippen LogP contribution >= 0.6 is 27.7 Å². The van der Waals surface area contributed by atoms with Crippen LogP contribution in [0, 0.1) is 12.3 Å². The Labute approximate surface area is 104 Å². The summed E-state index contributed by atoms with van der Waals surface area (Å²) >= 11 is 5.27. The number of hydrogen-bond acceptors (Lipinski definition) is 2. The Morgan fingerprint density at radius 3 is 3.00 bits per heavy atom. The lowest BCUT2D eigenvalue weighted by molar-refractivity contribution is 0.637. The fraction of sp³-hybridized carbons (Fsp3) is 0.333. The van der Waals surface area contributed by atoms with Crippen LogP contribution in [0.15, 0.2) is 33.6 Å². The summed E-state index contributed by atoms with van der Waals surface area (Å²) in [5.41, 5.74) is 0. The first kappa shape index (κ1) is 12.6. The second-order valence-electron chi connectivity index (χ2n) is 3.16. The van der Waals surface area contributed by atoms with Gasteiger partial charge in [0.1, 0.15) is 0 Å². The summed E-state index contributed by atoms with van der Waals surface area (Å²) in [6.07, 6.45) is 6.07. The number of hydrogen-bond donors (Lipinski definition) is 1. The minimum Gasteiger partial charge on any atom is -0.315 e. The molecule has 0 bridgehead atoms. The number of nitrogens with one attached hydrogen (secondary N) is 1. The molecule has 1 atom stereocenters. The minimum absolute atomic E-state index is 0.388. The first-order valence-corrected chi connectivity index (χ1v) is 6.53. The van der Waals surface area contributed by atoms with Crippen molar-refractivity contribution in [2.45, 2.75) is 17.4 Å². The molecule has 1 unspecified atom stereocenters. The third-order valence-corrected chi connectivity index (χ3v) is 3.67. The van der Waals surface area contributed by atoms with Crippen molar-refractivity contribution in [3.05, 3.63) is 28.7 Å². The molecule has 0 spiro atoms. The van der Waals surface area contributed by atoms with Gasteiger partial charge in [0.25, 0.3) is 0 Å². The van der Waals surface area contributed by atoms with E-state index >= 15 is 0 Å². The van der Waals surface area contributed by atoms with Gasteiger partial charge in [0.15, 0.2) is 0 Å². The molecule has 80 valence electrons. The van der Waals surface area contributed by atoms with Gasteiger partial charge in [0.05, 0.1) is 0 Å². The van der Waals surface area contributed by atoms with Crippen LogP contribution in [0.2, 0.25) is 0 Å². The molecular weight excluding hydrogens is 270 g/mol. The standard InChI is InChI=1S/C12H14BrNS/c1-3-5-11(14-2)9-15-12-7-4-6-10(13)8-12/h1,4,6-8,11,14H,5,9H2,2H3. The molecule has 0 radical (unpaired) electrons. The zero-order valence-corrected chi connectivity index (χ0v) is 11.1. The van der Waals surface area contributed by atoms with Crippen molar-refractivity contribution < 1.29 is 0 Å². The Morgan fingerprint density at radius 2 is 2.40 bits per heavy atom. The van der Waals surface area contributed by atoms with E-state index < -0.39 is 0 Å². The van der Waals surface area contributed by atoms with Crippen molar-refractivity contribution in [3.63, 3.8) is 0 Å². The van der Waals surface area contributed by atoms with Crippen LogP contribution in [0.1, 0.15) is 6.42 Å². The molecule has 1 aromatic carbocycles. The van der Waals surface area contributed by atoms with E-state index in [-0.39, 0.29) is 0 Å². The van der Waals surface area contributed by atoms with Gasteiger partial charge in [-0.05, 0) is 25.2 Å². The SMILES string of the molecule is C#CCC(CSc1cccc(Br)c1)NC. The normalized spacial score (nSPS) is 12.1. The first-order valence-electron chi connectivity index (χ1n) is 4.75. The number of halogens is 1. The summed E-state index contributed by atoms with van der Waals surface area (Å²) in [5, 5.41) is 3.21. The highest BCUT2D eigenvalue weighted by Gasteiger charge is 2.04. The van der Waals surface area contributed by atoms with Crippen molar-refractivity contribution in [1.82, 2.24) is 5.32 Å². The number of rotatable bonds is 5. The van der Waals surface area contributed by atoms with Crippen molar-refractivity contribution >= 4 is 27.7 Å². The highest BCUT2D eigenvalue weighted by molar-refractivity contribution is 9.10. The topological polar surface area (TPSA) is 12.0 Å². The molecule has 0 aromatic heterocycles. The van der Waals surface area contributed by atoms with Crippen LogP contribution in [0.3, 0.4) is 0 Å². The van der Waals surface area contributed by atoms with Crippen LogP contribution in [0.25, 0.3) is 0 Å². The van der Waals surface area contributed by atoms with E-state index in [0.717, 1.165) is 16.6 Å². The summed E-state index contributed by atoms with van der Waals surface area (Å²) in [6.45, 7) is 0. The summed E-state index contributed by atoms with van der Waals surface area (Å²) in [5.74, 6) is 3.68. The Kier molecular flexibility index (Phi) is 5.85. The molecule has 0 saturated carbocycles. The molecule has 0 aliphatic carbocycles. The van der Waals surface area contributed by atoms with Gasteiger partial charge in [0.2, 0.25) is 0 Å². The highest BCUT2D eigenvalue weighted by Crippen LogP contribution is 2.22. The maximum Gasteiger partial charge on any atom is 0.0268 e. The van der Waals surface area contributed by atoms with Crippen molar-refractivity contribution in [3.8, 4) is 12.3 Å². The Morgan fingerprint density at radius 1 is 1.60 bits per heavy atom. The average Bonchev–Trinajstić information content (AvgIpc) is 2.24. The number of benzene rings is 1. The van der Waals surface area contributed by atoms with Gasteiger partial charge in [-0.15, -0.1) is 24.1 Å². The van der Waals surface area contributed by atoms with Gasteiger partial charge in [-0.2, -0.15) is 0 Å². The summed E-state index contributed by atoms with van der Waals surface area (Å²) in [7, 11) is 1.95. The van der Waals surface area contributed by atoms with Crippen molar-refractivity contribution in [2.24, 2.45) is 0 Å². The lowest BCUT2D eigenvalue weighted by Crippen LogP contribution is -2.26. The van der Waals surface area contributed by atoms with Crippen LogP contribution < -0.4 is 5.32 Å². The quantitative estimate of drug-likeness (QED) is 0.658. The third-order valence-electron chi connectivity index (χ3n) is 2.02. The second-order valence-corrected chi connectivity index (χ2v) is 5.17. The monoisotopic (exact) mass is 283 g/mol. The third kappa shape index (κ3) is 4.74. The van der Waals surface area contributed by atoms with E-state index in [1.54, 1.807) is 0 Å². The predicted octanol–water partition coefficient (Wildman–Crippen LogP) is 3.15. The molecule has 1 N–H and O–H groups in total. The van der Waals surface area contributed by atoms with Gasteiger partial charge in [-0.1, -0.05) is 22.0 Å². The highest BCUT2D eigenvalue weighted by atomic mass is 79.9. The molecule has 0 heterocycles. The lowest BCUT2D eigenvalue weighted by Gasteiger charge is -2.12. The molecule has 0 fully saturated rings. The molecule has 0 saturated heterocycles. The summed E-state index contributed by atoms with van der Waals surface area (Å²) < 4.78 is 1.12. The van der Waals surface area contributed by atoms with E-state index in [2.05, 4.69) is 39.3 Å². The lowest BCUT2D eigenvalue weighted by atomic mass is 10.2. The molecule has 1 rings (SSSR count). The van der Waals surface area contributed by atoms with Gasteiger partial charge in [-0.25, -0.2) is 0 Å². The van der Waals surface area contributed by atoms with E-state index in [9.17, 15) is 0 Å². The molecule has 0 aliphatic rings. The molecule has 1 nitrogen and oxygen atoms in total. The van der Waals surface area contributed by atoms with E-state index in [1.165, 1.54) is 4.90 Å². The van der Waals surface area contributed by atoms with Crippen LogP contribution in [-0.2, 0) is 0 Å². The van der Waals surface area contributed by atoms with Crippen molar-refractivity contribution in [1.29, 1.82) is 0 Å². The minimum atomic E-state index is 0.388. The zero-order chi connectivity index (χ0) is 11.1. The van der Waals surface area contributed by atoms with Gasteiger partial charge >= 0.3 is 0 Å². The predicted molar refractivity (Wildman–Crippen MR) is 71.2 cm³/mol. The van der Waals surface area contributed by atoms with Crippen LogP contribution in [0.4, 0.5) is 0 Å². The van der Waals surface area contributed by atoms with E-state index in [4.69, 9.17) is 6.42 Å². The van der Waals surface area contributed by atoms with Crippen LogP contribution in [0.5, 0.6) is 0 Å². The molecule has 0 amide bonds. The smallest absolute Gasteiger partial charge is 0.0268 e. The number of thioether (sulfide) groups is 1.